The number of imidazole rings is 1. The summed E-state index contributed by atoms with van der Waals surface area (Å²) in [7, 11) is 0. The van der Waals surface area contributed by atoms with Crippen molar-refractivity contribution in [2.45, 2.75) is 6.42 Å². The predicted molar refractivity (Wildman–Crippen MR) is 89.3 cm³/mol. The molecule has 0 aliphatic heterocycles. The van der Waals surface area contributed by atoms with Crippen LogP contribution in [0.15, 0.2) is 49.1 Å². The molecule has 3 rings (SSSR count). The number of aromatic nitrogens is 3. The van der Waals surface area contributed by atoms with Gasteiger partial charge in [-0.1, -0.05) is 17.7 Å². The number of halogens is 2. The Balaban J connectivity index is 1.70. The van der Waals surface area contributed by atoms with Crippen LogP contribution in [0.3, 0.4) is 0 Å². The van der Waals surface area contributed by atoms with Crippen molar-refractivity contribution in [1.82, 2.24) is 20.3 Å². The van der Waals surface area contributed by atoms with Crippen molar-refractivity contribution in [3.63, 3.8) is 0 Å². The molecule has 24 heavy (non-hydrogen) atoms. The van der Waals surface area contributed by atoms with Crippen LogP contribution in [0.4, 0.5) is 4.39 Å². The van der Waals surface area contributed by atoms with Crippen molar-refractivity contribution in [2.75, 3.05) is 6.54 Å². The zero-order chi connectivity index (χ0) is 16.9. The minimum Gasteiger partial charge on any atom is -0.352 e. The number of carbonyl (C=O) groups is 1. The average Bonchev–Trinajstić information content (AvgIpc) is 3.08. The summed E-state index contributed by atoms with van der Waals surface area (Å²) in [6.07, 6.45) is 5.42. The third kappa shape index (κ3) is 3.60. The van der Waals surface area contributed by atoms with Gasteiger partial charge in [0, 0.05) is 36.6 Å². The number of H-pyrrole nitrogens is 1. The van der Waals surface area contributed by atoms with Crippen LogP contribution in [0.2, 0.25) is 5.02 Å². The van der Waals surface area contributed by atoms with Gasteiger partial charge in [-0.15, -0.1) is 0 Å². The molecule has 0 saturated carbocycles. The Labute approximate surface area is 142 Å². The SMILES string of the molecule is O=C(NCCc1cnc[nH]1)c1ccc(-c2ncccc2Cl)cc1F. The van der Waals surface area contributed by atoms with E-state index in [0.717, 1.165) is 5.69 Å². The Kier molecular flexibility index (Phi) is 4.86. The van der Waals surface area contributed by atoms with Gasteiger partial charge in [-0.2, -0.15) is 0 Å². The van der Waals surface area contributed by atoms with Crippen LogP contribution in [0, 0.1) is 5.82 Å². The fourth-order valence-corrected chi connectivity index (χ4v) is 2.50. The number of amides is 1. The highest BCUT2D eigenvalue weighted by Gasteiger charge is 2.14. The summed E-state index contributed by atoms with van der Waals surface area (Å²) in [5.74, 6) is -1.08. The lowest BCUT2D eigenvalue weighted by Gasteiger charge is -2.08. The van der Waals surface area contributed by atoms with E-state index in [1.165, 1.54) is 12.1 Å². The van der Waals surface area contributed by atoms with Crippen molar-refractivity contribution >= 4 is 17.5 Å². The number of rotatable bonds is 5. The summed E-state index contributed by atoms with van der Waals surface area (Å²) in [5, 5.41) is 3.10. The summed E-state index contributed by atoms with van der Waals surface area (Å²) in [5.41, 5.74) is 1.88. The number of hydrogen-bond acceptors (Lipinski definition) is 3. The number of pyridine rings is 1. The van der Waals surface area contributed by atoms with E-state index < -0.39 is 11.7 Å². The van der Waals surface area contributed by atoms with E-state index in [4.69, 9.17) is 11.6 Å². The third-order valence-corrected chi connectivity index (χ3v) is 3.79. The normalized spacial score (nSPS) is 10.6. The van der Waals surface area contributed by atoms with Gasteiger partial charge in [0.25, 0.3) is 5.91 Å². The van der Waals surface area contributed by atoms with Crippen LogP contribution < -0.4 is 5.32 Å². The molecule has 0 unspecified atom stereocenters. The molecule has 1 amide bonds. The standard InChI is InChI=1S/C17H14ClFN4O/c18-14-2-1-6-21-16(14)11-3-4-13(15(19)8-11)17(24)22-7-5-12-9-20-10-23-12/h1-4,6,8-10H,5,7H2,(H,20,23)(H,22,24). The van der Waals surface area contributed by atoms with E-state index in [-0.39, 0.29) is 5.56 Å². The van der Waals surface area contributed by atoms with E-state index in [9.17, 15) is 9.18 Å². The zero-order valence-corrected chi connectivity index (χ0v) is 13.3. The van der Waals surface area contributed by atoms with Gasteiger partial charge in [0.1, 0.15) is 5.82 Å². The summed E-state index contributed by atoms with van der Waals surface area (Å²) in [6.45, 7) is 0.383. The lowest BCUT2D eigenvalue weighted by molar-refractivity contribution is 0.0950. The lowest BCUT2D eigenvalue weighted by Crippen LogP contribution is -2.26. The van der Waals surface area contributed by atoms with Gasteiger partial charge in [0.2, 0.25) is 0 Å². The summed E-state index contributed by atoms with van der Waals surface area (Å²) < 4.78 is 14.3. The predicted octanol–water partition coefficient (Wildman–Crippen LogP) is 3.24. The largest absolute Gasteiger partial charge is 0.352 e. The van der Waals surface area contributed by atoms with Crippen LogP contribution in [0.1, 0.15) is 16.1 Å². The van der Waals surface area contributed by atoms with Gasteiger partial charge in [-0.25, -0.2) is 9.37 Å². The molecule has 0 aliphatic carbocycles. The molecule has 122 valence electrons. The first-order chi connectivity index (χ1) is 11.6. The number of carbonyl (C=O) groups excluding carboxylic acids is 1. The van der Waals surface area contributed by atoms with Crippen LogP contribution in [0.25, 0.3) is 11.3 Å². The van der Waals surface area contributed by atoms with Crippen molar-refractivity contribution in [2.24, 2.45) is 0 Å². The first-order valence-electron chi connectivity index (χ1n) is 7.31. The van der Waals surface area contributed by atoms with Crippen LogP contribution in [-0.4, -0.2) is 27.4 Å². The molecule has 0 saturated heterocycles. The Morgan fingerprint density at radius 3 is 2.92 bits per heavy atom. The molecule has 3 aromatic rings. The van der Waals surface area contributed by atoms with Crippen LogP contribution >= 0.6 is 11.6 Å². The first-order valence-corrected chi connectivity index (χ1v) is 7.69. The van der Waals surface area contributed by atoms with E-state index in [2.05, 4.69) is 20.3 Å². The number of hydrogen-bond donors (Lipinski definition) is 2. The van der Waals surface area contributed by atoms with Gasteiger partial charge in [0.15, 0.2) is 0 Å². The van der Waals surface area contributed by atoms with Crippen molar-refractivity contribution in [3.05, 3.63) is 71.2 Å². The monoisotopic (exact) mass is 344 g/mol. The maximum absolute atomic E-state index is 14.3. The molecular formula is C17H14ClFN4O. The van der Waals surface area contributed by atoms with Gasteiger partial charge in [0.05, 0.1) is 22.6 Å². The van der Waals surface area contributed by atoms with E-state index >= 15 is 0 Å². The molecule has 2 aromatic heterocycles. The minimum absolute atomic E-state index is 0.0181. The molecule has 0 fully saturated rings. The third-order valence-electron chi connectivity index (χ3n) is 3.48. The molecule has 0 radical (unpaired) electrons. The smallest absolute Gasteiger partial charge is 0.254 e. The van der Waals surface area contributed by atoms with Gasteiger partial charge in [-0.05, 0) is 24.3 Å². The minimum atomic E-state index is -0.617. The van der Waals surface area contributed by atoms with Crippen LogP contribution in [-0.2, 0) is 6.42 Å². The van der Waals surface area contributed by atoms with Crippen molar-refractivity contribution in [1.29, 1.82) is 0 Å². The molecule has 0 spiro atoms. The van der Waals surface area contributed by atoms with Gasteiger partial charge in [-0.3, -0.25) is 9.78 Å². The zero-order valence-electron chi connectivity index (χ0n) is 12.6. The second-order valence-electron chi connectivity index (χ2n) is 5.11. The van der Waals surface area contributed by atoms with E-state index in [1.807, 2.05) is 0 Å². The maximum Gasteiger partial charge on any atom is 0.254 e. The fraction of sp³-hybridized carbons (Fsp3) is 0.118. The molecule has 5 nitrogen and oxygen atoms in total. The highest BCUT2D eigenvalue weighted by atomic mass is 35.5. The second-order valence-corrected chi connectivity index (χ2v) is 5.52. The molecule has 0 atom stereocenters. The number of benzene rings is 1. The number of nitrogens with one attached hydrogen (secondary N) is 2. The van der Waals surface area contributed by atoms with E-state index in [0.29, 0.717) is 29.2 Å². The molecule has 0 aliphatic rings. The molecule has 2 N–H and O–H groups in total. The summed E-state index contributed by atoms with van der Waals surface area (Å²) >= 11 is 6.06. The van der Waals surface area contributed by atoms with Crippen molar-refractivity contribution < 1.29 is 9.18 Å². The topological polar surface area (TPSA) is 70.7 Å². The summed E-state index contributed by atoms with van der Waals surface area (Å²) in [6, 6.07) is 7.70. The number of nitrogens with zero attached hydrogens (tertiary/aromatic N) is 2. The Hall–Kier alpha value is -2.73. The molecular weight excluding hydrogens is 331 g/mol. The Bertz CT molecular complexity index is 852. The maximum atomic E-state index is 14.3. The fourth-order valence-electron chi connectivity index (χ4n) is 2.27. The average molecular weight is 345 g/mol. The van der Waals surface area contributed by atoms with E-state index in [1.54, 1.807) is 36.9 Å². The molecule has 0 bridgehead atoms. The number of aromatic amines is 1. The Morgan fingerprint density at radius 2 is 2.21 bits per heavy atom. The Morgan fingerprint density at radius 1 is 1.33 bits per heavy atom. The highest BCUT2D eigenvalue weighted by Crippen LogP contribution is 2.26. The highest BCUT2D eigenvalue weighted by molar-refractivity contribution is 6.33. The summed E-state index contributed by atoms with van der Waals surface area (Å²) in [4.78, 5) is 23.1. The lowest BCUT2D eigenvalue weighted by atomic mass is 10.1. The molecule has 1 aromatic carbocycles. The van der Waals surface area contributed by atoms with Crippen LogP contribution in [0.5, 0.6) is 0 Å². The molecule has 2 heterocycles. The van der Waals surface area contributed by atoms with Gasteiger partial charge >= 0.3 is 0 Å². The first kappa shape index (κ1) is 16.1. The second kappa shape index (κ2) is 7.23. The molecule has 7 heteroatoms. The van der Waals surface area contributed by atoms with Gasteiger partial charge < -0.3 is 10.3 Å². The van der Waals surface area contributed by atoms with Crippen molar-refractivity contribution in [3.8, 4) is 11.3 Å². The quantitative estimate of drug-likeness (QED) is 0.746.